The minimum absolute atomic E-state index is 0.228. The highest BCUT2D eigenvalue weighted by Crippen LogP contribution is 1.99. The standard InChI is InChI=1S/C8H6N2O2S/c11-8-7(13)10(9-12-8)6-4-2-1-3-5-6/h1-5,9H/p+1. The predicted octanol–water partition coefficient (Wildman–Crippen LogP) is 0.533. The fourth-order valence-corrected chi connectivity index (χ4v) is 1.22. The van der Waals surface area contributed by atoms with E-state index in [0.717, 1.165) is 5.69 Å². The van der Waals surface area contributed by atoms with E-state index in [4.69, 9.17) is 0 Å². The highest BCUT2D eigenvalue weighted by Gasteiger charge is 2.18. The number of thiol groups is 1. The lowest BCUT2D eigenvalue weighted by molar-refractivity contribution is -0.704. The van der Waals surface area contributed by atoms with Gasteiger partial charge in [0.05, 0.1) is 0 Å². The van der Waals surface area contributed by atoms with E-state index in [-0.39, 0.29) is 5.03 Å². The zero-order valence-electron chi connectivity index (χ0n) is 6.60. The molecule has 0 aliphatic carbocycles. The fourth-order valence-electron chi connectivity index (χ4n) is 1.02. The van der Waals surface area contributed by atoms with Crippen molar-refractivity contribution in [3.8, 4) is 5.69 Å². The molecule has 0 unspecified atom stereocenters. The number of para-hydroxylation sites is 1. The second-order valence-electron chi connectivity index (χ2n) is 2.48. The average Bonchev–Trinajstić information content (AvgIpc) is 2.49. The van der Waals surface area contributed by atoms with Crippen molar-refractivity contribution in [1.82, 2.24) is 5.27 Å². The molecule has 0 spiro atoms. The predicted molar refractivity (Wildman–Crippen MR) is 48.1 cm³/mol. The minimum atomic E-state index is -0.479. The maximum Gasteiger partial charge on any atom is 0.441 e. The van der Waals surface area contributed by atoms with Crippen molar-refractivity contribution in [1.29, 1.82) is 0 Å². The topological polar surface area (TPSA) is 49.9 Å². The molecule has 1 N–H and O–H groups in total. The molecular weight excluding hydrogens is 188 g/mol. The van der Waals surface area contributed by atoms with Crippen molar-refractivity contribution in [3.05, 3.63) is 40.8 Å². The summed E-state index contributed by atoms with van der Waals surface area (Å²) in [6.07, 6.45) is 0. The molecule has 5 heteroatoms. The molecule has 13 heavy (non-hydrogen) atoms. The minimum Gasteiger partial charge on any atom is -0.282 e. The third kappa shape index (κ3) is 1.38. The number of nitrogens with one attached hydrogen (secondary N) is 1. The quantitative estimate of drug-likeness (QED) is 0.515. The Labute approximate surface area is 79.2 Å². The van der Waals surface area contributed by atoms with Gasteiger partial charge >= 0.3 is 10.7 Å². The summed E-state index contributed by atoms with van der Waals surface area (Å²) >= 11 is 4.00. The lowest BCUT2D eigenvalue weighted by Gasteiger charge is -1.87. The van der Waals surface area contributed by atoms with E-state index < -0.39 is 5.63 Å². The van der Waals surface area contributed by atoms with Crippen LogP contribution in [0.4, 0.5) is 0 Å². The molecule has 2 aromatic rings. The number of aromatic amines is 1. The Morgan fingerprint density at radius 1 is 1.31 bits per heavy atom. The molecule has 1 aromatic carbocycles. The van der Waals surface area contributed by atoms with Crippen LogP contribution in [0.3, 0.4) is 0 Å². The van der Waals surface area contributed by atoms with Crippen LogP contribution in [0.25, 0.3) is 5.69 Å². The number of hydrogen-bond acceptors (Lipinski definition) is 3. The van der Waals surface area contributed by atoms with Gasteiger partial charge in [0, 0.05) is 12.1 Å². The van der Waals surface area contributed by atoms with E-state index in [2.05, 4.69) is 22.4 Å². The molecule has 0 aliphatic heterocycles. The number of H-pyrrole nitrogens is 1. The first-order valence-corrected chi connectivity index (χ1v) is 4.11. The van der Waals surface area contributed by atoms with Crippen molar-refractivity contribution in [3.63, 3.8) is 0 Å². The van der Waals surface area contributed by atoms with Crippen LogP contribution in [-0.4, -0.2) is 5.27 Å². The number of rotatable bonds is 1. The molecule has 0 saturated carbocycles. The summed E-state index contributed by atoms with van der Waals surface area (Å²) in [6.45, 7) is 0. The first-order chi connectivity index (χ1) is 6.29. The van der Waals surface area contributed by atoms with Gasteiger partial charge in [-0.15, -0.1) is 0 Å². The summed E-state index contributed by atoms with van der Waals surface area (Å²) in [7, 11) is 0. The lowest BCUT2D eigenvalue weighted by atomic mass is 10.3. The van der Waals surface area contributed by atoms with Crippen LogP contribution in [-0.2, 0) is 0 Å². The largest absolute Gasteiger partial charge is 0.441 e. The van der Waals surface area contributed by atoms with Gasteiger partial charge in [0.1, 0.15) is 0 Å². The Balaban J connectivity index is 2.60. The summed E-state index contributed by atoms with van der Waals surface area (Å²) in [5.41, 5.74) is 0.325. The Morgan fingerprint density at radius 3 is 2.54 bits per heavy atom. The van der Waals surface area contributed by atoms with Crippen molar-refractivity contribution in [2.45, 2.75) is 5.03 Å². The van der Waals surface area contributed by atoms with E-state index in [1.165, 1.54) is 4.68 Å². The summed E-state index contributed by atoms with van der Waals surface area (Å²) < 4.78 is 6.02. The third-order valence-electron chi connectivity index (χ3n) is 1.64. The number of benzene rings is 1. The first kappa shape index (κ1) is 8.12. The molecular formula is C8H7N2O2S+. The summed E-state index contributed by atoms with van der Waals surface area (Å²) in [5.74, 6) is 0. The van der Waals surface area contributed by atoms with Gasteiger partial charge in [0.15, 0.2) is 0 Å². The van der Waals surface area contributed by atoms with Crippen LogP contribution in [0.1, 0.15) is 0 Å². The molecule has 0 bridgehead atoms. The molecule has 0 fully saturated rings. The smallest absolute Gasteiger partial charge is 0.282 e. The molecule has 0 radical (unpaired) electrons. The van der Waals surface area contributed by atoms with Gasteiger partial charge in [-0.25, -0.2) is 4.79 Å². The van der Waals surface area contributed by atoms with Gasteiger partial charge in [-0.1, -0.05) is 30.8 Å². The van der Waals surface area contributed by atoms with Gasteiger partial charge in [0.2, 0.25) is 5.69 Å². The summed E-state index contributed by atoms with van der Waals surface area (Å²) in [6, 6.07) is 9.29. The number of nitrogens with zero attached hydrogens (tertiary/aromatic N) is 1. The van der Waals surface area contributed by atoms with Crippen molar-refractivity contribution in [2.75, 3.05) is 0 Å². The van der Waals surface area contributed by atoms with Crippen LogP contribution in [0.5, 0.6) is 0 Å². The van der Waals surface area contributed by atoms with Crippen LogP contribution in [0.15, 0.2) is 44.7 Å². The maximum absolute atomic E-state index is 10.9. The SMILES string of the molecule is O=c1o[nH][n+](-c2ccccc2)c1S. The number of hydrogen-bond donors (Lipinski definition) is 2. The monoisotopic (exact) mass is 195 g/mol. The Bertz CT molecular complexity index is 460. The fraction of sp³-hybridized carbons (Fsp3) is 0. The van der Waals surface area contributed by atoms with Gasteiger partial charge in [-0.05, 0) is 9.95 Å². The molecule has 0 saturated heterocycles. The Hall–Kier alpha value is -1.49. The second-order valence-corrected chi connectivity index (χ2v) is 2.90. The van der Waals surface area contributed by atoms with Crippen molar-refractivity contribution >= 4 is 12.6 Å². The Morgan fingerprint density at radius 2 is 2.00 bits per heavy atom. The highest BCUT2D eigenvalue weighted by molar-refractivity contribution is 7.80. The van der Waals surface area contributed by atoms with Crippen LogP contribution in [0, 0.1) is 0 Å². The number of aromatic nitrogens is 2. The Kier molecular flexibility index (Phi) is 1.94. The van der Waals surface area contributed by atoms with E-state index in [1.807, 2.05) is 30.3 Å². The van der Waals surface area contributed by atoms with Gasteiger partial charge in [-0.2, -0.15) is 0 Å². The molecule has 4 nitrogen and oxygen atoms in total. The van der Waals surface area contributed by atoms with Gasteiger partial charge in [-0.3, -0.25) is 4.52 Å². The van der Waals surface area contributed by atoms with E-state index in [1.54, 1.807) is 0 Å². The molecule has 1 aromatic heterocycles. The van der Waals surface area contributed by atoms with Gasteiger partial charge < -0.3 is 0 Å². The van der Waals surface area contributed by atoms with Crippen molar-refractivity contribution in [2.24, 2.45) is 0 Å². The molecule has 1 heterocycles. The van der Waals surface area contributed by atoms with Crippen LogP contribution >= 0.6 is 12.6 Å². The second kappa shape index (κ2) is 3.10. The van der Waals surface area contributed by atoms with Gasteiger partial charge in [0.25, 0.3) is 0 Å². The molecule has 0 amide bonds. The molecule has 0 atom stereocenters. The molecule has 0 aliphatic rings. The van der Waals surface area contributed by atoms with E-state index in [9.17, 15) is 4.79 Å². The highest BCUT2D eigenvalue weighted by atomic mass is 32.1. The van der Waals surface area contributed by atoms with Crippen LogP contribution in [0.2, 0.25) is 0 Å². The van der Waals surface area contributed by atoms with E-state index >= 15 is 0 Å². The molecule has 2 rings (SSSR count). The first-order valence-electron chi connectivity index (χ1n) is 3.67. The zero-order chi connectivity index (χ0) is 9.26. The average molecular weight is 195 g/mol. The zero-order valence-corrected chi connectivity index (χ0v) is 7.49. The van der Waals surface area contributed by atoms with Crippen LogP contribution < -0.4 is 10.3 Å². The van der Waals surface area contributed by atoms with E-state index in [0.29, 0.717) is 0 Å². The summed E-state index contributed by atoms with van der Waals surface area (Å²) in [4.78, 5) is 10.9. The summed E-state index contributed by atoms with van der Waals surface area (Å²) in [5, 5.41) is 2.67. The maximum atomic E-state index is 10.9. The lowest BCUT2D eigenvalue weighted by Crippen LogP contribution is -2.34. The third-order valence-corrected chi connectivity index (χ3v) is 2.02. The molecule has 66 valence electrons. The normalized spacial score (nSPS) is 10.2. The van der Waals surface area contributed by atoms with Crippen molar-refractivity contribution < 1.29 is 9.20 Å².